The molecule has 1 amide bonds. The average Bonchev–Trinajstić information content (AvgIpc) is 2.61. The molecule has 142 valence electrons. The number of nitrogens with two attached hydrogens (primary N) is 1. The molecule has 2 unspecified atom stereocenters. The standard InChI is InChI=1S/C19H26N2O5/c1-19(2)13(10-14(19)17(23)25-3)16(22)21-15(18(24)26-4)9-11-5-7-12(20)8-6-11/h5-8,13-15H,9-10,20H2,1-4H3,(H,21,22)/t13?,14?,15-/m0/s1. The molecule has 1 fully saturated rings. The predicted molar refractivity (Wildman–Crippen MR) is 95.9 cm³/mol. The number of methoxy groups -OCH3 is 2. The number of esters is 2. The highest BCUT2D eigenvalue weighted by molar-refractivity contribution is 5.89. The lowest BCUT2D eigenvalue weighted by Crippen LogP contribution is -2.57. The molecule has 1 aliphatic rings. The number of carbonyl (C=O) groups excluding carboxylic acids is 3. The molecule has 0 spiro atoms. The molecular formula is C19H26N2O5. The maximum absolute atomic E-state index is 12.7. The van der Waals surface area contributed by atoms with Crippen LogP contribution in [0, 0.1) is 17.3 Å². The second-order valence-corrected chi connectivity index (χ2v) is 7.22. The minimum atomic E-state index is -0.802. The third-order valence-electron chi connectivity index (χ3n) is 5.29. The molecule has 7 heteroatoms. The van der Waals surface area contributed by atoms with Gasteiger partial charge in [0.25, 0.3) is 0 Å². The first-order chi connectivity index (χ1) is 12.2. The summed E-state index contributed by atoms with van der Waals surface area (Å²) in [5.41, 5.74) is 6.62. The molecule has 0 radical (unpaired) electrons. The topological polar surface area (TPSA) is 108 Å². The van der Waals surface area contributed by atoms with Crippen LogP contribution in [-0.4, -0.2) is 38.1 Å². The normalized spacial score (nSPS) is 21.8. The number of nitrogen functional groups attached to an aromatic ring is 1. The quantitative estimate of drug-likeness (QED) is 0.583. The van der Waals surface area contributed by atoms with Crippen molar-refractivity contribution < 1.29 is 23.9 Å². The van der Waals surface area contributed by atoms with E-state index in [9.17, 15) is 14.4 Å². The van der Waals surface area contributed by atoms with Gasteiger partial charge in [-0.05, 0) is 29.5 Å². The molecule has 1 aromatic rings. The maximum atomic E-state index is 12.7. The number of hydrogen-bond donors (Lipinski definition) is 2. The molecule has 0 saturated heterocycles. The van der Waals surface area contributed by atoms with Gasteiger partial charge in [0, 0.05) is 18.0 Å². The van der Waals surface area contributed by atoms with Crippen LogP contribution in [0.5, 0.6) is 0 Å². The number of benzene rings is 1. The van der Waals surface area contributed by atoms with Gasteiger partial charge in [0.2, 0.25) is 5.91 Å². The zero-order valence-electron chi connectivity index (χ0n) is 15.6. The third-order valence-corrected chi connectivity index (χ3v) is 5.29. The fourth-order valence-electron chi connectivity index (χ4n) is 3.41. The largest absolute Gasteiger partial charge is 0.469 e. The molecule has 3 atom stereocenters. The second kappa shape index (κ2) is 7.76. The highest BCUT2D eigenvalue weighted by atomic mass is 16.5. The zero-order valence-corrected chi connectivity index (χ0v) is 15.6. The van der Waals surface area contributed by atoms with Gasteiger partial charge in [0.15, 0.2) is 0 Å². The van der Waals surface area contributed by atoms with Crippen LogP contribution in [0.15, 0.2) is 24.3 Å². The number of nitrogens with one attached hydrogen (secondary N) is 1. The Kier molecular flexibility index (Phi) is 5.90. The Bertz CT molecular complexity index is 684. The summed E-state index contributed by atoms with van der Waals surface area (Å²) in [5.74, 6) is -1.79. The molecule has 0 aliphatic heterocycles. The van der Waals surface area contributed by atoms with E-state index >= 15 is 0 Å². The van der Waals surface area contributed by atoms with E-state index in [1.54, 1.807) is 24.3 Å². The van der Waals surface area contributed by atoms with E-state index in [0.29, 0.717) is 18.5 Å². The van der Waals surface area contributed by atoms with Crippen molar-refractivity contribution in [3.05, 3.63) is 29.8 Å². The Hall–Kier alpha value is -2.57. The monoisotopic (exact) mass is 362 g/mol. The van der Waals surface area contributed by atoms with Crippen LogP contribution in [0.2, 0.25) is 0 Å². The summed E-state index contributed by atoms with van der Waals surface area (Å²) in [5, 5.41) is 2.77. The number of ether oxygens (including phenoxy) is 2. The molecular weight excluding hydrogens is 336 g/mol. The van der Waals surface area contributed by atoms with E-state index in [1.165, 1.54) is 14.2 Å². The minimum Gasteiger partial charge on any atom is -0.469 e. The second-order valence-electron chi connectivity index (χ2n) is 7.22. The van der Waals surface area contributed by atoms with E-state index in [4.69, 9.17) is 15.2 Å². The number of rotatable bonds is 6. The number of amides is 1. The number of hydrogen-bond acceptors (Lipinski definition) is 6. The van der Waals surface area contributed by atoms with Crippen molar-refractivity contribution in [3.63, 3.8) is 0 Å². The molecule has 0 bridgehead atoms. The maximum Gasteiger partial charge on any atom is 0.328 e. The van der Waals surface area contributed by atoms with E-state index < -0.39 is 17.4 Å². The Morgan fingerprint density at radius 3 is 2.27 bits per heavy atom. The molecule has 7 nitrogen and oxygen atoms in total. The van der Waals surface area contributed by atoms with Gasteiger partial charge in [-0.15, -0.1) is 0 Å². The fraction of sp³-hybridized carbons (Fsp3) is 0.526. The van der Waals surface area contributed by atoms with Gasteiger partial charge in [0.05, 0.1) is 20.1 Å². The fourth-order valence-corrected chi connectivity index (χ4v) is 3.41. The van der Waals surface area contributed by atoms with Gasteiger partial charge in [-0.1, -0.05) is 26.0 Å². The lowest BCUT2D eigenvalue weighted by Gasteiger charge is -2.49. The summed E-state index contributed by atoms with van der Waals surface area (Å²) in [6.07, 6.45) is 0.702. The molecule has 0 heterocycles. The van der Waals surface area contributed by atoms with Crippen LogP contribution in [0.1, 0.15) is 25.8 Å². The predicted octanol–water partition coefficient (Wildman–Crippen LogP) is 1.30. The smallest absolute Gasteiger partial charge is 0.328 e. The van der Waals surface area contributed by atoms with Crippen molar-refractivity contribution in [2.24, 2.45) is 17.3 Å². The Labute approximate surface area is 153 Å². The van der Waals surface area contributed by atoms with Crippen molar-refractivity contribution in [1.29, 1.82) is 0 Å². The van der Waals surface area contributed by atoms with Crippen molar-refractivity contribution in [2.75, 3.05) is 20.0 Å². The van der Waals surface area contributed by atoms with Crippen LogP contribution in [0.25, 0.3) is 0 Å². The molecule has 1 saturated carbocycles. The van der Waals surface area contributed by atoms with Gasteiger partial charge >= 0.3 is 11.9 Å². The SMILES string of the molecule is COC(=O)C1CC(C(=O)N[C@@H](Cc2ccc(N)cc2)C(=O)OC)C1(C)C. The first kappa shape index (κ1) is 19.8. The Morgan fingerprint density at radius 2 is 1.77 bits per heavy atom. The summed E-state index contributed by atoms with van der Waals surface area (Å²) in [6, 6.07) is 6.28. The Balaban J connectivity index is 2.06. The lowest BCUT2D eigenvalue weighted by molar-refractivity contribution is -0.167. The summed E-state index contributed by atoms with van der Waals surface area (Å²) in [4.78, 5) is 36.6. The van der Waals surface area contributed by atoms with Gasteiger partial charge < -0.3 is 20.5 Å². The van der Waals surface area contributed by atoms with Gasteiger partial charge in [0.1, 0.15) is 6.04 Å². The highest BCUT2D eigenvalue weighted by Gasteiger charge is 2.55. The number of carbonyl (C=O) groups is 3. The van der Waals surface area contributed by atoms with E-state index in [1.807, 2.05) is 13.8 Å². The van der Waals surface area contributed by atoms with E-state index in [-0.39, 0.29) is 23.7 Å². The van der Waals surface area contributed by atoms with Crippen LogP contribution < -0.4 is 11.1 Å². The zero-order chi connectivity index (χ0) is 19.5. The minimum absolute atomic E-state index is 0.263. The van der Waals surface area contributed by atoms with Crippen LogP contribution in [0.4, 0.5) is 5.69 Å². The first-order valence-electron chi connectivity index (χ1n) is 8.51. The molecule has 26 heavy (non-hydrogen) atoms. The van der Waals surface area contributed by atoms with E-state index in [2.05, 4.69) is 5.32 Å². The first-order valence-corrected chi connectivity index (χ1v) is 8.51. The van der Waals surface area contributed by atoms with Crippen molar-refractivity contribution >= 4 is 23.5 Å². The summed E-state index contributed by atoms with van der Waals surface area (Å²) in [7, 11) is 2.62. The van der Waals surface area contributed by atoms with Gasteiger partial charge in [-0.3, -0.25) is 9.59 Å². The summed E-state index contributed by atoms with van der Waals surface area (Å²) in [6.45, 7) is 3.71. The number of anilines is 1. The van der Waals surface area contributed by atoms with Crippen molar-refractivity contribution in [2.45, 2.75) is 32.7 Å². The third kappa shape index (κ3) is 3.98. The lowest BCUT2D eigenvalue weighted by atomic mass is 9.54. The Morgan fingerprint density at radius 1 is 1.15 bits per heavy atom. The van der Waals surface area contributed by atoms with Crippen LogP contribution in [0.3, 0.4) is 0 Å². The molecule has 3 N–H and O–H groups in total. The summed E-state index contributed by atoms with van der Waals surface area (Å²) >= 11 is 0. The van der Waals surface area contributed by atoms with Crippen molar-refractivity contribution in [1.82, 2.24) is 5.32 Å². The molecule has 0 aromatic heterocycles. The van der Waals surface area contributed by atoms with Crippen LogP contribution >= 0.6 is 0 Å². The van der Waals surface area contributed by atoms with Gasteiger partial charge in [-0.25, -0.2) is 4.79 Å². The molecule has 1 aliphatic carbocycles. The average molecular weight is 362 g/mol. The summed E-state index contributed by atoms with van der Waals surface area (Å²) < 4.78 is 9.61. The highest BCUT2D eigenvalue weighted by Crippen LogP contribution is 2.51. The van der Waals surface area contributed by atoms with E-state index in [0.717, 1.165) is 5.56 Å². The van der Waals surface area contributed by atoms with Crippen LogP contribution in [-0.2, 0) is 30.3 Å². The van der Waals surface area contributed by atoms with Gasteiger partial charge in [-0.2, -0.15) is 0 Å². The molecule has 2 rings (SSSR count). The van der Waals surface area contributed by atoms with Crippen molar-refractivity contribution in [3.8, 4) is 0 Å². The molecule has 1 aromatic carbocycles.